The molecule has 1 saturated heterocycles. The van der Waals surface area contributed by atoms with Gasteiger partial charge in [0.15, 0.2) is 0 Å². The van der Waals surface area contributed by atoms with E-state index in [-0.39, 0.29) is 18.2 Å². The molecule has 6 nitrogen and oxygen atoms in total. The Morgan fingerprint density at radius 1 is 0.975 bits per heavy atom. The minimum Gasteiger partial charge on any atom is -0.481 e. The number of benzene rings is 3. The van der Waals surface area contributed by atoms with Crippen LogP contribution < -0.4 is 0 Å². The second-order valence-corrected chi connectivity index (χ2v) is 10.4. The number of hydrogen-bond acceptors (Lipinski definition) is 4. The van der Waals surface area contributed by atoms with Crippen LogP contribution in [0.1, 0.15) is 52.9 Å². The molecule has 1 aliphatic rings. The van der Waals surface area contributed by atoms with Crippen molar-refractivity contribution in [3.63, 3.8) is 0 Å². The van der Waals surface area contributed by atoms with Crippen molar-refractivity contribution in [1.29, 1.82) is 0 Å². The number of halogens is 3. The van der Waals surface area contributed by atoms with E-state index in [1.807, 2.05) is 25.1 Å². The highest BCUT2D eigenvalue weighted by Crippen LogP contribution is 2.33. The van der Waals surface area contributed by atoms with Gasteiger partial charge in [-0.05, 0) is 54.7 Å². The van der Waals surface area contributed by atoms with Crippen LogP contribution in [-0.4, -0.2) is 44.9 Å². The first-order valence-electron chi connectivity index (χ1n) is 13.1. The number of likely N-dealkylation sites (tertiary alicyclic amines) is 1. The first-order chi connectivity index (χ1) is 19.1. The lowest BCUT2D eigenvalue weighted by molar-refractivity contribution is -0.138. The number of alkyl halides is 3. The summed E-state index contributed by atoms with van der Waals surface area (Å²) in [6.07, 6.45) is -3.57. The number of fused-ring (bicyclic) bond motifs is 1. The molecule has 0 aliphatic carbocycles. The van der Waals surface area contributed by atoms with Crippen molar-refractivity contribution in [2.75, 3.05) is 13.1 Å². The molecule has 3 aromatic carbocycles. The molecule has 1 atom stereocenters. The van der Waals surface area contributed by atoms with Crippen LogP contribution >= 0.6 is 0 Å². The molecule has 1 N–H and O–H groups in total. The van der Waals surface area contributed by atoms with Gasteiger partial charge in [0.25, 0.3) is 5.91 Å². The highest BCUT2D eigenvalue weighted by Gasteiger charge is 2.32. The van der Waals surface area contributed by atoms with Crippen molar-refractivity contribution in [3.8, 4) is 11.3 Å². The van der Waals surface area contributed by atoms with E-state index in [2.05, 4.69) is 12.1 Å². The highest BCUT2D eigenvalue weighted by atomic mass is 19.4. The van der Waals surface area contributed by atoms with Crippen LogP contribution in [0.4, 0.5) is 13.2 Å². The largest absolute Gasteiger partial charge is 0.481 e. The van der Waals surface area contributed by atoms with Crippen molar-refractivity contribution in [3.05, 3.63) is 95.2 Å². The third-order valence-corrected chi connectivity index (χ3v) is 7.31. The predicted octanol–water partition coefficient (Wildman–Crippen LogP) is 6.60. The molecule has 9 heteroatoms. The van der Waals surface area contributed by atoms with Crippen LogP contribution in [0.5, 0.6) is 0 Å². The van der Waals surface area contributed by atoms with E-state index < -0.39 is 17.7 Å². The summed E-state index contributed by atoms with van der Waals surface area (Å²) in [5.41, 5.74) is 3.41. The summed E-state index contributed by atoms with van der Waals surface area (Å²) >= 11 is 0. The average molecular weight is 548 g/mol. The number of aromatic nitrogens is 2. The Hall–Kier alpha value is -4.27. The predicted molar refractivity (Wildman–Crippen MR) is 145 cm³/mol. The van der Waals surface area contributed by atoms with Crippen molar-refractivity contribution < 1.29 is 27.9 Å². The molecule has 2 heterocycles. The maximum Gasteiger partial charge on any atom is 0.416 e. The molecule has 0 radical (unpaired) electrons. The average Bonchev–Trinajstić information content (AvgIpc) is 2.90. The van der Waals surface area contributed by atoms with Gasteiger partial charge in [-0.2, -0.15) is 13.2 Å². The van der Waals surface area contributed by atoms with Gasteiger partial charge < -0.3 is 10.0 Å². The fraction of sp³-hybridized carbons (Fsp3) is 0.290. The van der Waals surface area contributed by atoms with E-state index in [1.54, 1.807) is 23.1 Å². The lowest BCUT2D eigenvalue weighted by atomic mass is 9.91. The molecule has 1 aliphatic heterocycles. The van der Waals surface area contributed by atoms with Crippen molar-refractivity contribution >= 4 is 22.9 Å². The molecule has 1 unspecified atom stereocenters. The smallest absolute Gasteiger partial charge is 0.416 e. The van der Waals surface area contributed by atoms with Crippen molar-refractivity contribution in [2.45, 2.75) is 38.3 Å². The molecule has 0 saturated carbocycles. The number of aryl methyl sites for hydroxylation is 1. The van der Waals surface area contributed by atoms with E-state index in [4.69, 9.17) is 15.1 Å². The molecular weight excluding hydrogens is 519 g/mol. The number of nitrogens with zero attached hydrogens (tertiary/aromatic N) is 3. The number of rotatable bonds is 8. The van der Waals surface area contributed by atoms with E-state index in [9.17, 15) is 22.8 Å². The first kappa shape index (κ1) is 27.3. The maximum atomic E-state index is 13.2. The minimum absolute atomic E-state index is 0.00488. The summed E-state index contributed by atoms with van der Waals surface area (Å²) in [5, 5.41) is 9.12. The fourth-order valence-electron chi connectivity index (χ4n) is 4.99. The van der Waals surface area contributed by atoms with Crippen LogP contribution in [-0.2, 0) is 17.4 Å². The zero-order valence-corrected chi connectivity index (χ0v) is 21.9. The summed E-state index contributed by atoms with van der Waals surface area (Å²) in [4.78, 5) is 35.6. The second kappa shape index (κ2) is 11.1. The summed E-state index contributed by atoms with van der Waals surface area (Å²) in [7, 11) is 0. The Kier molecular flexibility index (Phi) is 7.56. The van der Waals surface area contributed by atoms with E-state index in [0.717, 1.165) is 12.1 Å². The number of amides is 1. The third-order valence-electron chi connectivity index (χ3n) is 7.31. The number of carbonyl (C=O) groups is 2. The molecule has 206 valence electrons. The molecule has 0 spiro atoms. The first-order valence-corrected chi connectivity index (χ1v) is 13.1. The summed E-state index contributed by atoms with van der Waals surface area (Å²) in [5.74, 6) is -0.827. The zero-order valence-electron chi connectivity index (χ0n) is 21.9. The Balaban J connectivity index is 1.43. The number of carboxylic acids is 1. The minimum atomic E-state index is -4.46. The van der Waals surface area contributed by atoms with E-state index in [0.29, 0.717) is 65.4 Å². The van der Waals surface area contributed by atoms with Gasteiger partial charge in [0.1, 0.15) is 0 Å². The van der Waals surface area contributed by atoms with Gasteiger partial charge in [0.2, 0.25) is 0 Å². The molecule has 1 aromatic heterocycles. The quantitative estimate of drug-likeness (QED) is 0.269. The van der Waals surface area contributed by atoms with Gasteiger partial charge in [-0.15, -0.1) is 0 Å². The zero-order chi connectivity index (χ0) is 28.4. The number of carbonyl (C=O) groups excluding carboxylic acids is 1. The molecule has 40 heavy (non-hydrogen) atoms. The fourth-order valence-corrected chi connectivity index (χ4v) is 4.99. The Bertz CT molecular complexity index is 1530. The van der Waals surface area contributed by atoms with Crippen LogP contribution in [0.3, 0.4) is 0 Å². The van der Waals surface area contributed by atoms with Gasteiger partial charge in [0, 0.05) is 36.6 Å². The lowest BCUT2D eigenvalue weighted by Crippen LogP contribution is -2.48. The van der Waals surface area contributed by atoms with Gasteiger partial charge >= 0.3 is 12.1 Å². The number of carboxylic acid groups (broad SMARTS) is 1. The summed E-state index contributed by atoms with van der Waals surface area (Å²) < 4.78 is 39.3. The van der Waals surface area contributed by atoms with Gasteiger partial charge in [-0.25, -0.2) is 9.97 Å². The summed E-state index contributed by atoms with van der Waals surface area (Å²) in [6.45, 7) is 3.09. The monoisotopic (exact) mass is 547 g/mol. The second-order valence-electron chi connectivity index (χ2n) is 10.4. The van der Waals surface area contributed by atoms with Crippen molar-refractivity contribution in [2.24, 2.45) is 5.92 Å². The van der Waals surface area contributed by atoms with E-state index >= 15 is 0 Å². The third kappa shape index (κ3) is 5.98. The normalized spacial score (nSPS) is 14.7. The molecule has 1 amide bonds. The Labute approximate surface area is 229 Å². The molecule has 4 aromatic rings. The molecule has 5 rings (SSSR count). The van der Waals surface area contributed by atoms with Crippen molar-refractivity contribution in [1.82, 2.24) is 14.9 Å². The number of hydrogen-bond donors (Lipinski definition) is 1. The Morgan fingerprint density at radius 2 is 1.68 bits per heavy atom. The molecular formula is C31H28F3N3O3. The van der Waals surface area contributed by atoms with Gasteiger partial charge in [-0.3, -0.25) is 9.59 Å². The van der Waals surface area contributed by atoms with E-state index in [1.165, 1.54) is 17.7 Å². The van der Waals surface area contributed by atoms with Gasteiger partial charge in [-0.1, -0.05) is 49.4 Å². The summed E-state index contributed by atoms with van der Waals surface area (Å²) in [6, 6.07) is 19.9. The SMILES string of the molecule is CC(CCc1nc2cc(C(=O)N3CC(c4ccccc4)C3)ccc2nc1-c1ccc(C(F)(F)F)cc1)CC(=O)O. The van der Waals surface area contributed by atoms with Crippen LogP contribution in [0.2, 0.25) is 0 Å². The Morgan fingerprint density at radius 3 is 2.33 bits per heavy atom. The maximum absolute atomic E-state index is 13.2. The highest BCUT2D eigenvalue weighted by molar-refractivity contribution is 5.98. The van der Waals surface area contributed by atoms with Crippen LogP contribution in [0.25, 0.3) is 22.3 Å². The topological polar surface area (TPSA) is 83.4 Å². The standard InChI is InChI=1S/C31H28F3N3O3/c1-19(15-28(38)39)7-13-26-29(21-8-11-24(12-9-21)31(32,33)34)36-25-14-10-22(16-27(25)35-26)30(40)37-17-23(18-37)20-5-3-2-4-6-20/h2-6,8-12,14,16,19,23H,7,13,15,17-18H2,1H3,(H,38,39). The van der Waals surface area contributed by atoms with Crippen LogP contribution in [0, 0.1) is 5.92 Å². The van der Waals surface area contributed by atoms with Crippen LogP contribution in [0.15, 0.2) is 72.8 Å². The molecule has 1 fully saturated rings. The lowest BCUT2D eigenvalue weighted by Gasteiger charge is -2.39. The number of aliphatic carboxylic acids is 1. The molecule has 0 bridgehead atoms. The van der Waals surface area contributed by atoms with Gasteiger partial charge in [0.05, 0.1) is 28.0 Å².